The highest BCUT2D eigenvalue weighted by molar-refractivity contribution is 4.92. The van der Waals surface area contributed by atoms with Gasteiger partial charge in [-0.1, -0.05) is 51.7 Å². The summed E-state index contributed by atoms with van der Waals surface area (Å²) < 4.78 is 0. The van der Waals surface area contributed by atoms with Crippen LogP contribution in [0.25, 0.3) is 0 Å². The summed E-state index contributed by atoms with van der Waals surface area (Å²) in [6, 6.07) is 0. The van der Waals surface area contributed by atoms with Crippen molar-refractivity contribution < 1.29 is 0 Å². The molecule has 0 spiro atoms. The fraction of sp³-hybridized carbons (Fsp3) is 0.727. The normalized spacial score (nSPS) is 10.0. The molecule has 0 unspecified atom stereocenters. The minimum atomic E-state index is 1.08. The van der Waals surface area contributed by atoms with E-state index >= 15 is 0 Å². The Labute approximate surface area is 71.7 Å². The van der Waals surface area contributed by atoms with Gasteiger partial charge in [-0.15, -0.1) is 0 Å². The molecule has 0 heteroatoms. The van der Waals surface area contributed by atoms with Crippen molar-refractivity contribution in [1.82, 2.24) is 0 Å². The first-order valence-electron chi connectivity index (χ1n) is 4.77. The Morgan fingerprint density at radius 1 is 1.09 bits per heavy atom. The number of hydrogen-bond acceptors (Lipinski definition) is 0. The van der Waals surface area contributed by atoms with E-state index in [9.17, 15) is 0 Å². The summed E-state index contributed by atoms with van der Waals surface area (Å²) in [5.41, 5.74) is 1.43. The van der Waals surface area contributed by atoms with Gasteiger partial charge in [-0.25, -0.2) is 0 Å². The number of rotatable bonds is 7. The van der Waals surface area contributed by atoms with Crippen LogP contribution in [-0.2, 0) is 0 Å². The summed E-state index contributed by atoms with van der Waals surface area (Å²) >= 11 is 0. The molecule has 0 aliphatic rings. The summed E-state index contributed by atoms with van der Waals surface area (Å²) in [6.07, 6.45) is 8.69. The zero-order valence-electron chi connectivity index (χ0n) is 7.86. The molecule has 0 N–H and O–H groups in total. The lowest BCUT2D eigenvalue weighted by Gasteiger charge is -2.02. The van der Waals surface area contributed by atoms with Crippen LogP contribution >= 0.6 is 0 Å². The van der Waals surface area contributed by atoms with Crippen LogP contribution in [0.1, 0.15) is 51.9 Å². The third kappa shape index (κ3) is 7.64. The van der Waals surface area contributed by atoms with Gasteiger partial charge in [0.25, 0.3) is 0 Å². The molecule has 1 radical (unpaired) electrons. The van der Waals surface area contributed by atoms with Crippen molar-refractivity contribution in [1.29, 1.82) is 0 Å². The molecule has 0 aliphatic carbocycles. The number of hydrogen-bond donors (Lipinski definition) is 0. The van der Waals surface area contributed by atoms with Gasteiger partial charge in [-0.2, -0.15) is 0 Å². The second-order valence-corrected chi connectivity index (χ2v) is 3.16. The topological polar surface area (TPSA) is 0 Å². The Bertz CT molecular complexity index is 92.2. The standard InChI is InChI=1S/C11H21/c1-4-6-7-8-10-11(3)9-5-2/h1,3-10H2,2H3. The van der Waals surface area contributed by atoms with E-state index in [0.29, 0.717) is 0 Å². The molecule has 0 heterocycles. The molecule has 0 bridgehead atoms. The lowest BCUT2D eigenvalue weighted by atomic mass is 10.0. The minimum absolute atomic E-state index is 1.08. The number of unbranched alkanes of at least 4 members (excludes halogenated alkanes) is 3. The monoisotopic (exact) mass is 153 g/mol. The Balaban J connectivity index is 3.04. The maximum absolute atomic E-state index is 4.03. The molecule has 0 aromatic heterocycles. The molecular weight excluding hydrogens is 132 g/mol. The summed E-state index contributed by atoms with van der Waals surface area (Å²) in [4.78, 5) is 0. The molecule has 0 saturated heterocycles. The van der Waals surface area contributed by atoms with E-state index in [1.165, 1.54) is 44.1 Å². The molecule has 0 aromatic carbocycles. The smallest absolute Gasteiger partial charge is 0.0323 e. The van der Waals surface area contributed by atoms with Crippen molar-refractivity contribution in [2.75, 3.05) is 0 Å². The fourth-order valence-corrected chi connectivity index (χ4v) is 1.21. The van der Waals surface area contributed by atoms with Gasteiger partial charge in [0, 0.05) is 0 Å². The van der Waals surface area contributed by atoms with Crippen molar-refractivity contribution in [3.05, 3.63) is 19.1 Å². The minimum Gasteiger partial charge on any atom is -0.0999 e. The highest BCUT2D eigenvalue weighted by Gasteiger charge is 1.92. The third-order valence-electron chi connectivity index (χ3n) is 1.88. The molecule has 0 nitrogen and oxygen atoms in total. The molecule has 11 heavy (non-hydrogen) atoms. The van der Waals surface area contributed by atoms with E-state index in [-0.39, 0.29) is 0 Å². The van der Waals surface area contributed by atoms with Gasteiger partial charge < -0.3 is 0 Å². The van der Waals surface area contributed by atoms with Gasteiger partial charge in [0.1, 0.15) is 0 Å². The largest absolute Gasteiger partial charge is 0.0999 e. The van der Waals surface area contributed by atoms with Crippen LogP contribution < -0.4 is 0 Å². The van der Waals surface area contributed by atoms with Gasteiger partial charge in [0.05, 0.1) is 0 Å². The average molecular weight is 153 g/mol. The fourth-order valence-electron chi connectivity index (χ4n) is 1.21. The van der Waals surface area contributed by atoms with Crippen molar-refractivity contribution in [2.45, 2.75) is 51.9 Å². The van der Waals surface area contributed by atoms with Crippen LogP contribution in [0, 0.1) is 6.92 Å². The SMILES string of the molecule is [CH2]CCCCCC(=C)CCC. The maximum Gasteiger partial charge on any atom is -0.0323 e. The first-order chi connectivity index (χ1) is 5.31. The summed E-state index contributed by atoms with van der Waals surface area (Å²) in [7, 11) is 0. The molecule has 0 fully saturated rings. The van der Waals surface area contributed by atoms with Crippen LogP contribution in [0.5, 0.6) is 0 Å². The zero-order valence-corrected chi connectivity index (χ0v) is 7.86. The van der Waals surface area contributed by atoms with E-state index in [1.54, 1.807) is 0 Å². The maximum atomic E-state index is 4.03. The molecule has 0 aliphatic heterocycles. The van der Waals surface area contributed by atoms with E-state index in [4.69, 9.17) is 0 Å². The summed E-state index contributed by atoms with van der Waals surface area (Å²) in [5, 5.41) is 0. The van der Waals surface area contributed by atoms with Crippen molar-refractivity contribution in [2.24, 2.45) is 0 Å². The van der Waals surface area contributed by atoms with E-state index < -0.39 is 0 Å². The second-order valence-electron chi connectivity index (χ2n) is 3.16. The van der Waals surface area contributed by atoms with Crippen LogP contribution in [-0.4, -0.2) is 0 Å². The first kappa shape index (κ1) is 10.7. The van der Waals surface area contributed by atoms with Crippen LogP contribution in [0.2, 0.25) is 0 Å². The molecule has 0 aromatic rings. The van der Waals surface area contributed by atoms with Crippen LogP contribution in [0.3, 0.4) is 0 Å². The molecule has 0 saturated carbocycles. The molecule has 0 atom stereocenters. The van der Waals surface area contributed by atoms with Crippen molar-refractivity contribution in [3.8, 4) is 0 Å². The molecule has 0 amide bonds. The van der Waals surface area contributed by atoms with Gasteiger partial charge in [0.15, 0.2) is 0 Å². The average Bonchev–Trinajstić information content (AvgIpc) is 1.99. The highest BCUT2D eigenvalue weighted by atomic mass is 14.0. The second kappa shape index (κ2) is 7.84. The van der Waals surface area contributed by atoms with Crippen molar-refractivity contribution in [3.63, 3.8) is 0 Å². The quantitative estimate of drug-likeness (QED) is 0.381. The van der Waals surface area contributed by atoms with Crippen LogP contribution in [0.15, 0.2) is 12.2 Å². The lowest BCUT2D eigenvalue weighted by Crippen LogP contribution is -1.82. The Hall–Kier alpha value is -0.260. The molecule has 65 valence electrons. The predicted octanol–water partition coefficient (Wildman–Crippen LogP) is 4.13. The van der Waals surface area contributed by atoms with Gasteiger partial charge in [0.2, 0.25) is 0 Å². The zero-order chi connectivity index (χ0) is 8.53. The molecule has 0 rings (SSSR count). The Morgan fingerprint density at radius 3 is 2.36 bits per heavy atom. The summed E-state index contributed by atoms with van der Waals surface area (Å²) in [5.74, 6) is 0. The first-order valence-corrected chi connectivity index (χ1v) is 4.77. The van der Waals surface area contributed by atoms with E-state index in [2.05, 4.69) is 20.4 Å². The highest BCUT2D eigenvalue weighted by Crippen LogP contribution is 2.12. The van der Waals surface area contributed by atoms with Crippen molar-refractivity contribution >= 4 is 0 Å². The number of allylic oxidation sites excluding steroid dienone is 1. The summed E-state index contributed by atoms with van der Waals surface area (Å²) in [6.45, 7) is 10.1. The van der Waals surface area contributed by atoms with Gasteiger partial charge >= 0.3 is 0 Å². The third-order valence-corrected chi connectivity index (χ3v) is 1.88. The van der Waals surface area contributed by atoms with Gasteiger partial charge in [-0.3, -0.25) is 0 Å². The van der Waals surface area contributed by atoms with E-state index in [1.807, 2.05) is 0 Å². The Kier molecular flexibility index (Phi) is 7.66. The van der Waals surface area contributed by atoms with Crippen LogP contribution in [0.4, 0.5) is 0 Å². The predicted molar refractivity (Wildman–Crippen MR) is 52.5 cm³/mol. The lowest BCUT2D eigenvalue weighted by molar-refractivity contribution is 0.668. The van der Waals surface area contributed by atoms with Gasteiger partial charge in [-0.05, 0) is 19.3 Å². The van der Waals surface area contributed by atoms with E-state index in [0.717, 1.165) is 6.42 Å². The Morgan fingerprint density at radius 2 is 1.82 bits per heavy atom. The molecular formula is C11H21.